The van der Waals surface area contributed by atoms with Crippen LogP contribution >= 0.6 is 0 Å². The van der Waals surface area contributed by atoms with Crippen LogP contribution in [0.3, 0.4) is 0 Å². The molecule has 0 bridgehead atoms. The summed E-state index contributed by atoms with van der Waals surface area (Å²) in [6, 6.07) is 0.576. The molecule has 1 fully saturated rings. The molecule has 1 aromatic rings. The normalized spacial score (nSPS) is 19.9. The molecule has 16 heavy (non-hydrogen) atoms. The van der Waals surface area contributed by atoms with Crippen LogP contribution in [0.1, 0.15) is 50.7 Å². The third-order valence-electron chi connectivity index (χ3n) is 3.60. The molecule has 0 aromatic carbocycles. The van der Waals surface area contributed by atoms with E-state index in [0.29, 0.717) is 6.04 Å². The van der Waals surface area contributed by atoms with Crippen molar-refractivity contribution in [1.82, 2.24) is 10.3 Å². The summed E-state index contributed by atoms with van der Waals surface area (Å²) in [7, 11) is 0. The molecule has 0 saturated heterocycles. The van der Waals surface area contributed by atoms with Crippen LogP contribution in [0.2, 0.25) is 0 Å². The zero-order valence-electron chi connectivity index (χ0n) is 10.3. The SMILES string of the molecule is Cc1cnc(CNC(C)C2CCCCC2)o1. The predicted octanol–water partition coefficient (Wildman–Crippen LogP) is 3.04. The highest BCUT2D eigenvalue weighted by atomic mass is 16.4. The van der Waals surface area contributed by atoms with Gasteiger partial charge < -0.3 is 9.73 Å². The first-order valence-electron chi connectivity index (χ1n) is 6.40. The maximum Gasteiger partial charge on any atom is 0.208 e. The summed E-state index contributed by atoms with van der Waals surface area (Å²) in [5.41, 5.74) is 0. The van der Waals surface area contributed by atoms with E-state index in [9.17, 15) is 0 Å². The fraction of sp³-hybridized carbons (Fsp3) is 0.769. The predicted molar refractivity (Wildman–Crippen MR) is 64.1 cm³/mol. The quantitative estimate of drug-likeness (QED) is 0.851. The summed E-state index contributed by atoms with van der Waals surface area (Å²) in [6.07, 6.45) is 8.74. The number of aromatic nitrogens is 1. The fourth-order valence-electron chi connectivity index (χ4n) is 2.53. The summed E-state index contributed by atoms with van der Waals surface area (Å²) in [6.45, 7) is 4.97. The van der Waals surface area contributed by atoms with Crippen LogP contribution in [0.4, 0.5) is 0 Å². The lowest BCUT2D eigenvalue weighted by atomic mass is 9.84. The second kappa shape index (κ2) is 5.48. The smallest absolute Gasteiger partial charge is 0.208 e. The van der Waals surface area contributed by atoms with E-state index < -0.39 is 0 Å². The minimum absolute atomic E-state index is 0.576. The van der Waals surface area contributed by atoms with Gasteiger partial charge in [0, 0.05) is 6.04 Å². The highest BCUT2D eigenvalue weighted by Gasteiger charge is 2.19. The Morgan fingerprint density at radius 3 is 2.81 bits per heavy atom. The second-order valence-electron chi connectivity index (χ2n) is 4.93. The number of aryl methyl sites for hydroxylation is 1. The molecule has 3 nitrogen and oxygen atoms in total. The van der Waals surface area contributed by atoms with E-state index in [4.69, 9.17) is 4.42 Å². The van der Waals surface area contributed by atoms with Crippen LogP contribution in [0.25, 0.3) is 0 Å². The van der Waals surface area contributed by atoms with Gasteiger partial charge >= 0.3 is 0 Å². The zero-order valence-corrected chi connectivity index (χ0v) is 10.3. The standard InChI is InChI=1S/C13H22N2O/c1-10-8-15-13(16-10)9-14-11(2)12-6-4-3-5-7-12/h8,11-12,14H,3-7,9H2,1-2H3. The maximum atomic E-state index is 5.45. The van der Waals surface area contributed by atoms with Crippen molar-refractivity contribution in [2.75, 3.05) is 0 Å². The van der Waals surface area contributed by atoms with Crippen molar-refractivity contribution < 1.29 is 4.42 Å². The average molecular weight is 222 g/mol. The first kappa shape index (κ1) is 11.6. The molecule has 1 heterocycles. The van der Waals surface area contributed by atoms with Crippen molar-refractivity contribution in [3.05, 3.63) is 17.8 Å². The molecule has 1 atom stereocenters. The minimum atomic E-state index is 0.576. The molecular formula is C13H22N2O. The Kier molecular flexibility index (Phi) is 3.99. The molecule has 1 aromatic heterocycles. The van der Waals surface area contributed by atoms with Crippen LogP contribution in [-0.2, 0) is 6.54 Å². The summed E-state index contributed by atoms with van der Waals surface area (Å²) in [5.74, 6) is 2.53. The van der Waals surface area contributed by atoms with Crippen molar-refractivity contribution in [1.29, 1.82) is 0 Å². The third-order valence-corrected chi connectivity index (χ3v) is 3.60. The van der Waals surface area contributed by atoms with E-state index in [2.05, 4.69) is 17.2 Å². The van der Waals surface area contributed by atoms with E-state index in [0.717, 1.165) is 24.1 Å². The average Bonchev–Trinajstić information content (AvgIpc) is 2.73. The van der Waals surface area contributed by atoms with Gasteiger partial charge in [-0.1, -0.05) is 19.3 Å². The minimum Gasteiger partial charge on any atom is -0.445 e. The molecular weight excluding hydrogens is 200 g/mol. The molecule has 3 heteroatoms. The number of hydrogen-bond donors (Lipinski definition) is 1. The van der Waals surface area contributed by atoms with E-state index in [1.807, 2.05) is 6.92 Å². The molecule has 0 radical (unpaired) electrons. The van der Waals surface area contributed by atoms with Crippen molar-refractivity contribution in [3.8, 4) is 0 Å². The third kappa shape index (κ3) is 3.08. The Morgan fingerprint density at radius 1 is 1.44 bits per heavy atom. The van der Waals surface area contributed by atoms with Crippen LogP contribution in [-0.4, -0.2) is 11.0 Å². The van der Waals surface area contributed by atoms with Crippen LogP contribution in [0.5, 0.6) is 0 Å². The second-order valence-corrected chi connectivity index (χ2v) is 4.93. The lowest BCUT2D eigenvalue weighted by Crippen LogP contribution is -2.34. The molecule has 1 unspecified atom stereocenters. The first-order chi connectivity index (χ1) is 7.75. The van der Waals surface area contributed by atoms with Crippen LogP contribution < -0.4 is 5.32 Å². The Balaban J connectivity index is 1.76. The first-order valence-corrected chi connectivity index (χ1v) is 6.40. The monoisotopic (exact) mass is 222 g/mol. The largest absolute Gasteiger partial charge is 0.445 e. The summed E-state index contributed by atoms with van der Waals surface area (Å²) >= 11 is 0. The van der Waals surface area contributed by atoms with Crippen molar-refractivity contribution in [3.63, 3.8) is 0 Å². The van der Waals surface area contributed by atoms with Crippen molar-refractivity contribution in [2.45, 2.75) is 58.5 Å². The molecule has 0 amide bonds. The topological polar surface area (TPSA) is 38.1 Å². The Hall–Kier alpha value is -0.830. The zero-order chi connectivity index (χ0) is 11.4. The van der Waals surface area contributed by atoms with E-state index >= 15 is 0 Å². The lowest BCUT2D eigenvalue weighted by molar-refractivity contribution is 0.274. The molecule has 1 saturated carbocycles. The molecule has 1 aliphatic rings. The maximum absolute atomic E-state index is 5.45. The highest BCUT2D eigenvalue weighted by molar-refractivity contribution is 4.91. The Bertz CT molecular complexity index is 315. The van der Waals surface area contributed by atoms with Crippen LogP contribution in [0.15, 0.2) is 10.6 Å². The van der Waals surface area contributed by atoms with Crippen LogP contribution in [0, 0.1) is 12.8 Å². The number of nitrogens with zero attached hydrogens (tertiary/aromatic N) is 1. The van der Waals surface area contributed by atoms with Gasteiger partial charge in [0.15, 0.2) is 0 Å². The van der Waals surface area contributed by atoms with Gasteiger partial charge in [-0.05, 0) is 32.6 Å². The molecule has 1 N–H and O–H groups in total. The molecule has 0 spiro atoms. The molecule has 2 rings (SSSR count). The fourth-order valence-corrected chi connectivity index (χ4v) is 2.53. The summed E-state index contributed by atoms with van der Waals surface area (Å²) < 4.78 is 5.45. The molecule has 1 aliphatic carbocycles. The number of nitrogens with one attached hydrogen (secondary N) is 1. The van der Waals surface area contributed by atoms with Gasteiger partial charge in [-0.2, -0.15) is 0 Å². The Morgan fingerprint density at radius 2 is 2.19 bits per heavy atom. The lowest BCUT2D eigenvalue weighted by Gasteiger charge is -2.28. The van der Waals surface area contributed by atoms with Gasteiger partial charge in [0.05, 0.1) is 12.7 Å². The van der Waals surface area contributed by atoms with Crippen molar-refractivity contribution in [2.24, 2.45) is 5.92 Å². The van der Waals surface area contributed by atoms with Gasteiger partial charge in [-0.3, -0.25) is 0 Å². The van der Waals surface area contributed by atoms with Gasteiger partial charge in [0.25, 0.3) is 0 Å². The van der Waals surface area contributed by atoms with Gasteiger partial charge in [-0.15, -0.1) is 0 Å². The van der Waals surface area contributed by atoms with Crippen molar-refractivity contribution >= 4 is 0 Å². The summed E-state index contributed by atoms with van der Waals surface area (Å²) in [5, 5.41) is 3.53. The summed E-state index contributed by atoms with van der Waals surface area (Å²) in [4.78, 5) is 4.20. The molecule has 0 aliphatic heterocycles. The molecule has 90 valence electrons. The van der Waals surface area contributed by atoms with E-state index in [1.54, 1.807) is 6.20 Å². The highest BCUT2D eigenvalue weighted by Crippen LogP contribution is 2.26. The van der Waals surface area contributed by atoms with Gasteiger partial charge in [-0.25, -0.2) is 4.98 Å². The number of oxazole rings is 1. The Labute approximate surface area is 97.6 Å². The van der Waals surface area contributed by atoms with Gasteiger partial charge in [0.2, 0.25) is 5.89 Å². The number of rotatable bonds is 4. The number of hydrogen-bond acceptors (Lipinski definition) is 3. The van der Waals surface area contributed by atoms with E-state index in [-0.39, 0.29) is 0 Å². The van der Waals surface area contributed by atoms with Gasteiger partial charge in [0.1, 0.15) is 5.76 Å². The van der Waals surface area contributed by atoms with E-state index in [1.165, 1.54) is 32.1 Å².